The number of nitrogens with one attached hydrogen (secondary N) is 1. The third kappa shape index (κ3) is 5.50. The van der Waals surface area contributed by atoms with Crippen molar-refractivity contribution in [2.45, 2.75) is 45.4 Å². The Morgan fingerprint density at radius 1 is 1.19 bits per heavy atom. The Labute approximate surface area is 188 Å². The number of aryl methyl sites for hydroxylation is 1. The van der Waals surface area contributed by atoms with Crippen LogP contribution >= 0.6 is 11.3 Å². The van der Waals surface area contributed by atoms with Gasteiger partial charge in [-0.25, -0.2) is 9.97 Å². The maximum Gasteiger partial charge on any atom is 0.221 e. The Bertz CT molecular complexity index is 1070. The summed E-state index contributed by atoms with van der Waals surface area (Å²) in [5.41, 5.74) is 2.68. The number of carbonyl (C=O) groups excluding carboxylic acids is 1. The lowest BCUT2D eigenvalue weighted by atomic mass is 9.97. The molecule has 0 saturated carbocycles. The molecule has 1 aromatic carbocycles. The minimum absolute atomic E-state index is 0.0978. The van der Waals surface area contributed by atoms with Crippen LogP contribution in [0.5, 0.6) is 0 Å². The van der Waals surface area contributed by atoms with Crippen molar-refractivity contribution in [1.82, 2.24) is 15.3 Å². The van der Waals surface area contributed by atoms with Crippen molar-refractivity contribution in [3.05, 3.63) is 53.9 Å². The molecule has 31 heavy (non-hydrogen) atoms. The molecular weight excluding hydrogens is 404 g/mol. The summed E-state index contributed by atoms with van der Waals surface area (Å²) in [7, 11) is 2.00. The lowest BCUT2D eigenvalue weighted by Crippen LogP contribution is -2.30. The highest BCUT2D eigenvalue weighted by Gasteiger charge is 2.15. The molecule has 0 spiro atoms. The van der Waals surface area contributed by atoms with E-state index < -0.39 is 0 Å². The summed E-state index contributed by atoms with van der Waals surface area (Å²) in [5, 5.41) is 4.12. The van der Waals surface area contributed by atoms with Gasteiger partial charge in [-0.15, -0.1) is 11.3 Å². The van der Waals surface area contributed by atoms with Gasteiger partial charge in [-0.3, -0.25) is 4.79 Å². The minimum atomic E-state index is 0.0978. The number of fused-ring (bicyclic) bond motifs is 1. The Morgan fingerprint density at radius 3 is 2.81 bits per heavy atom. The summed E-state index contributed by atoms with van der Waals surface area (Å²) in [4.78, 5) is 25.9. The number of anilines is 1. The maximum atomic E-state index is 12.4. The summed E-state index contributed by atoms with van der Waals surface area (Å²) in [6.45, 7) is 3.28. The van der Waals surface area contributed by atoms with E-state index in [4.69, 9.17) is 4.98 Å². The highest BCUT2D eigenvalue weighted by Crippen LogP contribution is 2.36. The predicted octanol–water partition coefficient (Wildman–Crippen LogP) is 5.50. The number of carbonyl (C=O) groups is 1. The van der Waals surface area contributed by atoms with Crippen LogP contribution in [0.4, 0.5) is 5.82 Å². The van der Waals surface area contributed by atoms with E-state index in [1.165, 1.54) is 41.7 Å². The van der Waals surface area contributed by atoms with Crippen molar-refractivity contribution in [1.29, 1.82) is 0 Å². The molecule has 0 aliphatic heterocycles. The Kier molecular flexibility index (Phi) is 6.97. The van der Waals surface area contributed by atoms with E-state index in [1.807, 2.05) is 32.2 Å². The Morgan fingerprint density at radius 2 is 2.03 bits per heavy atom. The summed E-state index contributed by atoms with van der Waals surface area (Å²) in [6, 6.07) is 12.5. The van der Waals surface area contributed by atoms with Crippen LogP contribution in [0.25, 0.3) is 20.7 Å². The van der Waals surface area contributed by atoms with Crippen LogP contribution in [0.15, 0.2) is 48.0 Å². The molecular formula is C25H30N4OS. The zero-order chi connectivity index (χ0) is 21.6. The first-order valence-corrected chi connectivity index (χ1v) is 11.9. The topological polar surface area (TPSA) is 58.1 Å². The van der Waals surface area contributed by atoms with Crippen molar-refractivity contribution < 1.29 is 4.79 Å². The van der Waals surface area contributed by atoms with Crippen LogP contribution in [-0.2, 0) is 4.79 Å². The molecule has 0 atom stereocenters. The van der Waals surface area contributed by atoms with E-state index in [2.05, 4.69) is 39.5 Å². The largest absolute Gasteiger partial charge is 0.359 e. The molecule has 3 aromatic rings. The van der Waals surface area contributed by atoms with Gasteiger partial charge in [0.1, 0.15) is 16.5 Å². The van der Waals surface area contributed by atoms with Gasteiger partial charge in [0.25, 0.3) is 0 Å². The van der Waals surface area contributed by atoms with Crippen molar-refractivity contribution in [2.24, 2.45) is 0 Å². The Balaban J connectivity index is 1.39. The second-order valence-electron chi connectivity index (χ2n) is 8.17. The molecule has 0 unspecified atom stereocenters. The normalized spacial score (nSPS) is 13.8. The Hall–Kier alpha value is -2.73. The third-order valence-corrected chi connectivity index (χ3v) is 6.81. The fraction of sp³-hybridized carbons (Fsp3) is 0.400. The first-order chi connectivity index (χ1) is 15.1. The van der Waals surface area contributed by atoms with Crippen LogP contribution in [0.2, 0.25) is 0 Å². The quantitative estimate of drug-likeness (QED) is 0.476. The number of hydrogen-bond donors (Lipinski definition) is 1. The zero-order valence-electron chi connectivity index (χ0n) is 18.4. The van der Waals surface area contributed by atoms with Gasteiger partial charge in [0.15, 0.2) is 0 Å². The van der Waals surface area contributed by atoms with Crippen LogP contribution in [0, 0.1) is 6.92 Å². The third-order valence-electron chi connectivity index (χ3n) is 5.73. The van der Waals surface area contributed by atoms with E-state index in [-0.39, 0.29) is 5.91 Å². The number of hydrogen-bond acceptors (Lipinski definition) is 5. The summed E-state index contributed by atoms with van der Waals surface area (Å²) >= 11 is 1.68. The first-order valence-electron chi connectivity index (χ1n) is 11.1. The van der Waals surface area contributed by atoms with Gasteiger partial charge in [-0.1, -0.05) is 42.0 Å². The van der Waals surface area contributed by atoms with Crippen LogP contribution in [0.1, 0.15) is 44.3 Å². The molecule has 1 amide bonds. The van der Waals surface area contributed by atoms with E-state index in [1.54, 1.807) is 11.3 Å². The van der Waals surface area contributed by atoms with Gasteiger partial charge < -0.3 is 10.2 Å². The van der Waals surface area contributed by atoms with E-state index in [0.717, 1.165) is 34.8 Å². The highest BCUT2D eigenvalue weighted by atomic mass is 32.1. The molecule has 0 fully saturated rings. The zero-order valence-corrected chi connectivity index (χ0v) is 19.2. The number of benzene rings is 1. The van der Waals surface area contributed by atoms with Gasteiger partial charge in [0, 0.05) is 31.4 Å². The fourth-order valence-electron chi connectivity index (χ4n) is 4.00. The standard InChI is InChI=1S/C25H30N4OS/c1-18-27-24(21-17-22(31-25(21)28-18)20-11-7-4-8-12-20)29(2)16-14-23(30)26-15-13-19-9-5-3-6-10-19/h4,7-9,11-12,17H,3,5-6,10,13-16H2,1-2H3,(H,26,30). The molecule has 1 aliphatic carbocycles. The van der Waals surface area contributed by atoms with Crippen molar-refractivity contribution in [3.63, 3.8) is 0 Å². The van der Waals surface area contributed by atoms with Gasteiger partial charge in [0.05, 0.1) is 5.39 Å². The lowest BCUT2D eigenvalue weighted by molar-refractivity contribution is -0.120. The molecule has 6 heteroatoms. The highest BCUT2D eigenvalue weighted by molar-refractivity contribution is 7.21. The molecule has 2 aromatic heterocycles. The maximum absolute atomic E-state index is 12.4. The molecule has 1 N–H and O–H groups in total. The molecule has 4 rings (SSSR count). The van der Waals surface area contributed by atoms with E-state index >= 15 is 0 Å². The van der Waals surface area contributed by atoms with Gasteiger partial charge >= 0.3 is 0 Å². The molecule has 0 saturated heterocycles. The first kappa shape index (κ1) is 21.5. The van der Waals surface area contributed by atoms with Gasteiger partial charge in [-0.2, -0.15) is 0 Å². The number of amides is 1. The molecule has 1 aliphatic rings. The van der Waals surface area contributed by atoms with Gasteiger partial charge in [0.2, 0.25) is 5.91 Å². The second kappa shape index (κ2) is 10.1. The molecule has 162 valence electrons. The summed E-state index contributed by atoms with van der Waals surface area (Å²) < 4.78 is 0. The number of allylic oxidation sites excluding steroid dienone is 1. The molecule has 0 radical (unpaired) electrons. The van der Waals surface area contributed by atoms with E-state index in [9.17, 15) is 4.79 Å². The van der Waals surface area contributed by atoms with Crippen LogP contribution in [-0.4, -0.2) is 36.0 Å². The number of rotatable bonds is 8. The summed E-state index contributed by atoms with van der Waals surface area (Å²) in [6.07, 6.45) is 8.74. The average Bonchev–Trinajstić information content (AvgIpc) is 3.22. The second-order valence-corrected chi connectivity index (χ2v) is 9.20. The average molecular weight is 435 g/mol. The van der Waals surface area contributed by atoms with Crippen molar-refractivity contribution in [3.8, 4) is 10.4 Å². The number of aromatic nitrogens is 2. The molecule has 0 bridgehead atoms. The van der Waals surface area contributed by atoms with E-state index in [0.29, 0.717) is 13.0 Å². The lowest BCUT2D eigenvalue weighted by Gasteiger charge is -2.19. The number of nitrogens with zero attached hydrogens (tertiary/aromatic N) is 3. The molecule has 5 nitrogen and oxygen atoms in total. The monoisotopic (exact) mass is 434 g/mol. The van der Waals surface area contributed by atoms with Gasteiger partial charge in [-0.05, 0) is 50.7 Å². The van der Waals surface area contributed by atoms with Crippen molar-refractivity contribution >= 4 is 33.3 Å². The molecule has 2 heterocycles. The minimum Gasteiger partial charge on any atom is -0.359 e. The number of thiophene rings is 1. The van der Waals surface area contributed by atoms with Crippen molar-refractivity contribution in [2.75, 3.05) is 25.0 Å². The smallest absolute Gasteiger partial charge is 0.221 e. The summed E-state index contributed by atoms with van der Waals surface area (Å²) in [5.74, 6) is 1.74. The SMILES string of the molecule is Cc1nc(N(C)CCC(=O)NCCC2=CCCCC2)c2cc(-c3ccccc3)sc2n1. The fourth-order valence-corrected chi connectivity index (χ4v) is 5.08. The van der Waals surface area contributed by atoms with Crippen LogP contribution in [0.3, 0.4) is 0 Å². The predicted molar refractivity (Wildman–Crippen MR) is 130 cm³/mol. The van der Waals surface area contributed by atoms with Crippen LogP contribution < -0.4 is 10.2 Å².